The van der Waals surface area contributed by atoms with Crippen LogP contribution < -0.4 is 4.90 Å². The molecule has 160 valence electrons. The van der Waals surface area contributed by atoms with E-state index in [0.717, 1.165) is 21.3 Å². The van der Waals surface area contributed by atoms with E-state index in [0.29, 0.717) is 10.7 Å². The first kappa shape index (κ1) is 21.1. The number of rotatable bonds is 5. The quantitative estimate of drug-likeness (QED) is 0.578. The molecule has 2 heterocycles. The zero-order chi connectivity index (χ0) is 22.4. The van der Waals surface area contributed by atoms with Gasteiger partial charge in [-0.2, -0.15) is 0 Å². The Labute approximate surface area is 184 Å². The Morgan fingerprint density at radius 3 is 2.42 bits per heavy atom. The van der Waals surface area contributed by atoms with E-state index in [9.17, 15) is 19.8 Å². The summed E-state index contributed by atoms with van der Waals surface area (Å²) in [5, 5.41) is 20.8. The van der Waals surface area contributed by atoms with Crippen molar-refractivity contribution < 1.29 is 19.8 Å². The number of anilines is 1. The van der Waals surface area contributed by atoms with Crippen LogP contribution in [0, 0.1) is 19.8 Å². The Kier molecular flexibility index (Phi) is 5.31. The van der Waals surface area contributed by atoms with Crippen molar-refractivity contribution in [3.8, 4) is 5.75 Å². The summed E-state index contributed by atoms with van der Waals surface area (Å²) in [5.74, 6) is -1.29. The minimum absolute atomic E-state index is 0.0748. The highest BCUT2D eigenvalue weighted by molar-refractivity contribution is 7.22. The number of hydrogen-bond donors (Lipinski definition) is 2. The first-order valence-electron chi connectivity index (χ1n) is 10.1. The molecule has 6 nitrogen and oxygen atoms in total. The van der Waals surface area contributed by atoms with E-state index < -0.39 is 17.7 Å². The third-order valence-electron chi connectivity index (χ3n) is 5.51. The van der Waals surface area contributed by atoms with Crippen molar-refractivity contribution in [1.82, 2.24) is 4.98 Å². The van der Waals surface area contributed by atoms with Crippen LogP contribution >= 0.6 is 11.3 Å². The van der Waals surface area contributed by atoms with Gasteiger partial charge in [-0.15, -0.1) is 0 Å². The Balaban J connectivity index is 1.87. The molecule has 0 aliphatic carbocycles. The van der Waals surface area contributed by atoms with Gasteiger partial charge in [-0.25, -0.2) is 4.98 Å². The molecule has 1 unspecified atom stereocenters. The number of fused-ring (bicyclic) bond motifs is 1. The summed E-state index contributed by atoms with van der Waals surface area (Å²) in [5.41, 5.74) is 3.69. The average molecular weight is 437 g/mol. The number of carbonyl (C=O) groups is 2. The number of Topliss-reactive ketones (excluding diaryl/α,β-unsaturated/α-hetero) is 1. The zero-order valence-electron chi connectivity index (χ0n) is 17.8. The van der Waals surface area contributed by atoms with Crippen molar-refractivity contribution in [2.45, 2.75) is 40.2 Å². The number of phenolic OH excluding ortho intramolecular Hbond substituents is 1. The molecule has 0 saturated carbocycles. The first-order valence-corrected chi connectivity index (χ1v) is 11.0. The Morgan fingerprint density at radius 1 is 1.13 bits per heavy atom. The van der Waals surface area contributed by atoms with Gasteiger partial charge in [-0.1, -0.05) is 37.3 Å². The van der Waals surface area contributed by atoms with Crippen molar-refractivity contribution in [3.63, 3.8) is 0 Å². The van der Waals surface area contributed by atoms with Gasteiger partial charge in [-0.05, 0) is 60.7 Å². The fourth-order valence-electron chi connectivity index (χ4n) is 3.81. The highest BCUT2D eigenvalue weighted by Crippen LogP contribution is 2.44. The third kappa shape index (κ3) is 3.70. The minimum Gasteiger partial charge on any atom is -0.508 e. The predicted molar refractivity (Wildman–Crippen MR) is 122 cm³/mol. The van der Waals surface area contributed by atoms with E-state index in [4.69, 9.17) is 0 Å². The maximum Gasteiger partial charge on any atom is 0.296 e. The monoisotopic (exact) mass is 436 g/mol. The van der Waals surface area contributed by atoms with E-state index in [2.05, 4.69) is 4.98 Å². The number of hydrogen-bond acceptors (Lipinski definition) is 6. The number of benzene rings is 2. The lowest BCUT2D eigenvalue weighted by Gasteiger charge is -2.24. The molecule has 7 heteroatoms. The number of aromatic hydroxyl groups is 1. The molecular weight excluding hydrogens is 412 g/mol. The molecule has 1 atom stereocenters. The minimum atomic E-state index is -0.804. The molecule has 31 heavy (non-hydrogen) atoms. The van der Waals surface area contributed by atoms with Gasteiger partial charge in [-0.3, -0.25) is 14.5 Å². The first-order chi connectivity index (χ1) is 14.7. The van der Waals surface area contributed by atoms with Crippen LogP contribution in [0.25, 0.3) is 10.2 Å². The molecule has 1 aliphatic rings. The fourth-order valence-corrected chi connectivity index (χ4v) is 4.88. The van der Waals surface area contributed by atoms with Crippen LogP contribution in [0.1, 0.15) is 43.0 Å². The molecule has 2 aromatic carbocycles. The highest BCUT2D eigenvalue weighted by atomic mass is 32.1. The van der Waals surface area contributed by atoms with Gasteiger partial charge in [0, 0.05) is 6.42 Å². The number of aliphatic hydroxyl groups excluding tert-OH is 1. The van der Waals surface area contributed by atoms with E-state index in [1.807, 2.05) is 39.8 Å². The highest BCUT2D eigenvalue weighted by Gasteiger charge is 2.45. The standard InChI is InChI=1S/C24H24N2O4S/c1-12(2)9-18(28)20-21(15-5-7-16(27)8-6-15)26(23(30)22(20)29)24-25-17-10-13(3)14(4)11-19(17)31-24/h5-8,10-12,21,27,29H,9H2,1-4H3. The van der Waals surface area contributed by atoms with Crippen LogP contribution in [-0.2, 0) is 9.59 Å². The summed E-state index contributed by atoms with van der Waals surface area (Å²) in [6.45, 7) is 7.85. The summed E-state index contributed by atoms with van der Waals surface area (Å²) >= 11 is 1.35. The fraction of sp³-hybridized carbons (Fsp3) is 0.292. The predicted octanol–water partition coefficient (Wildman–Crippen LogP) is 5.13. The van der Waals surface area contributed by atoms with Gasteiger partial charge in [0.1, 0.15) is 5.75 Å². The second-order valence-corrected chi connectivity index (χ2v) is 9.36. The Morgan fingerprint density at radius 2 is 1.77 bits per heavy atom. The zero-order valence-corrected chi connectivity index (χ0v) is 18.7. The Hall–Kier alpha value is -3.19. The van der Waals surface area contributed by atoms with Crippen LogP contribution in [0.3, 0.4) is 0 Å². The summed E-state index contributed by atoms with van der Waals surface area (Å²) in [6.07, 6.45) is 0.216. The maximum absolute atomic E-state index is 13.2. The van der Waals surface area contributed by atoms with E-state index in [1.54, 1.807) is 12.1 Å². The van der Waals surface area contributed by atoms with Crippen LogP contribution in [0.4, 0.5) is 5.13 Å². The molecule has 1 aromatic heterocycles. The van der Waals surface area contributed by atoms with Crippen LogP contribution in [0.15, 0.2) is 47.7 Å². The average Bonchev–Trinajstić information content (AvgIpc) is 3.20. The van der Waals surface area contributed by atoms with Gasteiger partial charge >= 0.3 is 0 Å². The molecule has 4 rings (SSSR count). The number of aryl methyl sites for hydroxylation is 2. The molecule has 0 bridgehead atoms. The molecule has 2 N–H and O–H groups in total. The molecule has 3 aromatic rings. The number of amides is 1. The number of ketones is 1. The second kappa shape index (κ2) is 7.81. The molecule has 0 saturated heterocycles. The van der Waals surface area contributed by atoms with Gasteiger partial charge in [0.05, 0.1) is 21.8 Å². The van der Waals surface area contributed by atoms with Gasteiger partial charge in [0.25, 0.3) is 5.91 Å². The second-order valence-electron chi connectivity index (χ2n) is 8.35. The lowest BCUT2D eigenvalue weighted by atomic mass is 9.92. The molecule has 1 aliphatic heterocycles. The Bertz CT molecular complexity index is 1190. The topological polar surface area (TPSA) is 90.7 Å². The smallest absolute Gasteiger partial charge is 0.296 e. The lowest BCUT2D eigenvalue weighted by molar-refractivity contribution is -0.118. The van der Waals surface area contributed by atoms with Crippen molar-refractivity contribution in [2.75, 3.05) is 4.90 Å². The molecular formula is C24H24N2O4S. The van der Waals surface area contributed by atoms with Crippen LogP contribution in [0.2, 0.25) is 0 Å². The van der Waals surface area contributed by atoms with Crippen molar-refractivity contribution in [2.24, 2.45) is 5.92 Å². The largest absolute Gasteiger partial charge is 0.508 e. The SMILES string of the molecule is Cc1cc2nc(N3C(=O)C(O)=C(C(=O)CC(C)C)C3c3ccc(O)cc3)sc2cc1C. The number of nitrogens with zero attached hydrogens (tertiary/aromatic N) is 2. The number of carbonyl (C=O) groups excluding carboxylic acids is 2. The van der Waals surface area contributed by atoms with Crippen LogP contribution in [0.5, 0.6) is 5.75 Å². The van der Waals surface area contributed by atoms with Crippen molar-refractivity contribution in [1.29, 1.82) is 0 Å². The van der Waals surface area contributed by atoms with Gasteiger partial charge in [0.2, 0.25) is 0 Å². The number of thiazole rings is 1. The number of phenols is 1. The molecule has 1 amide bonds. The number of aliphatic hydroxyl groups is 1. The summed E-state index contributed by atoms with van der Waals surface area (Å²) in [7, 11) is 0. The lowest BCUT2D eigenvalue weighted by Crippen LogP contribution is -2.31. The van der Waals surface area contributed by atoms with Crippen molar-refractivity contribution >= 4 is 38.4 Å². The normalized spacial score (nSPS) is 16.7. The van der Waals surface area contributed by atoms with Gasteiger partial charge in [0.15, 0.2) is 16.7 Å². The van der Waals surface area contributed by atoms with Crippen LogP contribution in [-0.4, -0.2) is 26.9 Å². The molecule has 0 radical (unpaired) electrons. The van der Waals surface area contributed by atoms with E-state index >= 15 is 0 Å². The summed E-state index contributed by atoms with van der Waals surface area (Å²) in [4.78, 5) is 32.2. The molecule has 0 spiro atoms. The summed E-state index contributed by atoms with van der Waals surface area (Å²) < 4.78 is 0.928. The third-order valence-corrected chi connectivity index (χ3v) is 6.53. The summed E-state index contributed by atoms with van der Waals surface area (Å²) in [6, 6.07) is 9.51. The number of aromatic nitrogens is 1. The molecule has 0 fully saturated rings. The maximum atomic E-state index is 13.2. The van der Waals surface area contributed by atoms with Gasteiger partial charge < -0.3 is 10.2 Å². The van der Waals surface area contributed by atoms with Crippen molar-refractivity contribution in [3.05, 3.63) is 64.4 Å². The van der Waals surface area contributed by atoms with E-state index in [1.165, 1.54) is 28.4 Å². The van der Waals surface area contributed by atoms with E-state index in [-0.39, 0.29) is 29.4 Å².